The van der Waals surface area contributed by atoms with Crippen LogP contribution in [0, 0.1) is 81.7 Å². The van der Waals surface area contributed by atoms with E-state index in [-0.39, 0.29) is 115 Å². The molecule has 3 rings (SSSR count). The zero-order valence-corrected chi connectivity index (χ0v) is 25.5. The van der Waals surface area contributed by atoms with E-state index in [2.05, 4.69) is 0 Å². The van der Waals surface area contributed by atoms with Crippen LogP contribution in [0.3, 0.4) is 0 Å². The molecule has 0 saturated carbocycles. The van der Waals surface area contributed by atoms with E-state index in [0.29, 0.717) is 0 Å². The van der Waals surface area contributed by atoms with Crippen molar-refractivity contribution in [3.8, 4) is 0 Å². The quantitative estimate of drug-likeness (QED) is 0.212. The SMILES string of the molecule is O=C(O)c1ccccc1C(=O)O.O=C(O)c1ccccc1C(=O)O.O=C(O)c1ccccc1C(=O)O.[Nd].[Nd]. The average Bonchev–Trinajstić information content (AvgIpc) is 2.84. The summed E-state index contributed by atoms with van der Waals surface area (Å²) in [7, 11) is 0. The van der Waals surface area contributed by atoms with Crippen molar-refractivity contribution in [1.29, 1.82) is 0 Å². The maximum absolute atomic E-state index is 10.5. The van der Waals surface area contributed by atoms with Crippen molar-refractivity contribution in [1.82, 2.24) is 0 Å². The Hall–Kier alpha value is -2.82. The van der Waals surface area contributed by atoms with E-state index in [0.717, 1.165) is 0 Å². The fourth-order valence-corrected chi connectivity index (χ4v) is 2.57. The van der Waals surface area contributed by atoms with E-state index in [9.17, 15) is 28.8 Å². The van der Waals surface area contributed by atoms with Crippen molar-refractivity contribution in [3.63, 3.8) is 0 Å². The number of carboxylic acids is 6. The van der Waals surface area contributed by atoms with Crippen LogP contribution in [0.1, 0.15) is 62.1 Å². The molecule has 3 aromatic rings. The van der Waals surface area contributed by atoms with Gasteiger partial charge in [-0.15, -0.1) is 0 Å². The van der Waals surface area contributed by atoms with Gasteiger partial charge in [0, 0.05) is 81.7 Å². The summed E-state index contributed by atoms with van der Waals surface area (Å²) >= 11 is 0. The summed E-state index contributed by atoms with van der Waals surface area (Å²) in [6.45, 7) is 0. The zero-order valence-electron chi connectivity index (χ0n) is 19.1. The number of aromatic carboxylic acids is 6. The molecular weight excluding hydrogens is 769 g/mol. The first kappa shape index (κ1) is 37.3. The van der Waals surface area contributed by atoms with Crippen LogP contribution in [-0.2, 0) is 0 Å². The predicted molar refractivity (Wildman–Crippen MR) is 121 cm³/mol. The Kier molecular flexibility index (Phi) is 18.1. The molecule has 0 amide bonds. The minimum Gasteiger partial charge on any atom is -0.478 e. The van der Waals surface area contributed by atoms with Gasteiger partial charge in [-0.2, -0.15) is 0 Å². The molecule has 0 bridgehead atoms. The Balaban J connectivity index is 0. The van der Waals surface area contributed by atoms with Gasteiger partial charge in [0.15, 0.2) is 0 Å². The van der Waals surface area contributed by atoms with Crippen molar-refractivity contribution < 1.29 is 141 Å². The maximum Gasteiger partial charge on any atom is 0.336 e. The van der Waals surface area contributed by atoms with Crippen LogP contribution in [0.15, 0.2) is 72.8 Å². The molecule has 0 aromatic heterocycles. The number of hydrogen-bond acceptors (Lipinski definition) is 6. The summed E-state index contributed by atoms with van der Waals surface area (Å²) in [5.41, 5.74) is -1.14. The molecule has 38 heavy (non-hydrogen) atoms. The summed E-state index contributed by atoms with van der Waals surface area (Å²) in [6, 6.07) is 16.4. The fourth-order valence-electron chi connectivity index (χ4n) is 2.57. The van der Waals surface area contributed by atoms with E-state index in [1.54, 1.807) is 0 Å². The Morgan fingerprint density at radius 1 is 0.316 bits per heavy atom. The summed E-state index contributed by atoms with van der Waals surface area (Å²) in [4.78, 5) is 62.8. The van der Waals surface area contributed by atoms with Crippen molar-refractivity contribution >= 4 is 35.8 Å². The first-order valence-electron chi connectivity index (χ1n) is 9.55. The number of carbonyl (C=O) groups is 6. The standard InChI is InChI=1S/3C8H6O4.2Nd/c3*9-7(10)5-3-1-2-4-6(5)8(11)12;;/h3*1-4H,(H,9,10)(H,11,12);;. The summed E-state index contributed by atoms with van der Waals surface area (Å²) in [5, 5.41) is 51.3. The van der Waals surface area contributed by atoms with Gasteiger partial charge in [-0.25, -0.2) is 28.8 Å². The van der Waals surface area contributed by atoms with Crippen LogP contribution >= 0.6 is 0 Å². The third kappa shape index (κ3) is 11.7. The Morgan fingerprint density at radius 3 is 0.500 bits per heavy atom. The number of hydrogen-bond donors (Lipinski definition) is 6. The number of carboxylic acid groups (broad SMARTS) is 6. The number of benzene rings is 3. The van der Waals surface area contributed by atoms with Crippen LogP contribution in [0.4, 0.5) is 0 Å². The van der Waals surface area contributed by atoms with Gasteiger partial charge in [-0.05, 0) is 36.4 Å². The van der Waals surface area contributed by atoms with Gasteiger partial charge in [0.05, 0.1) is 33.4 Å². The maximum atomic E-state index is 10.5. The van der Waals surface area contributed by atoms with Gasteiger partial charge < -0.3 is 30.6 Å². The fraction of sp³-hybridized carbons (Fsp3) is 0. The molecule has 3 aromatic carbocycles. The Morgan fingerprint density at radius 2 is 0.421 bits per heavy atom. The minimum absolute atomic E-state index is 0. The molecule has 14 heteroatoms. The van der Waals surface area contributed by atoms with E-state index >= 15 is 0 Å². The molecule has 0 radical (unpaired) electrons. The van der Waals surface area contributed by atoms with E-state index in [1.807, 2.05) is 0 Å². The first-order chi connectivity index (χ1) is 16.9. The number of rotatable bonds is 6. The second-order valence-electron chi connectivity index (χ2n) is 6.47. The Labute approximate surface area is 280 Å². The molecule has 12 nitrogen and oxygen atoms in total. The van der Waals surface area contributed by atoms with Crippen LogP contribution in [0.5, 0.6) is 0 Å². The second kappa shape index (κ2) is 18.4. The minimum atomic E-state index is -1.23. The molecule has 0 aliphatic carbocycles. The molecule has 0 atom stereocenters. The molecular formula is C24H18Nd2O12. The van der Waals surface area contributed by atoms with Crippen molar-refractivity contribution in [2.24, 2.45) is 0 Å². The summed E-state index contributed by atoms with van der Waals surface area (Å²) in [6.07, 6.45) is 0. The third-order valence-electron chi connectivity index (χ3n) is 4.16. The molecule has 0 heterocycles. The van der Waals surface area contributed by atoms with Crippen LogP contribution in [-0.4, -0.2) is 66.5 Å². The molecule has 0 unspecified atom stereocenters. The van der Waals surface area contributed by atoms with E-state index in [1.165, 1.54) is 72.8 Å². The molecule has 194 valence electrons. The largest absolute Gasteiger partial charge is 0.478 e. The van der Waals surface area contributed by atoms with Crippen molar-refractivity contribution in [2.45, 2.75) is 0 Å². The molecule has 0 saturated heterocycles. The van der Waals surface area contributed by atoms with Gasteiger partial charge in [0.2, 0.25) is 0 Å². The predicted octanol–water partition coefficient (Wildman–Crippen LogP) is 3.25. The van der Waals surface area contributed by atoms with Crippen LogP contribution in [0.2, 0.25) is 0 Å². The first-order valence-corrected chi connectivity index (χ1v) is 9.55. The third-order valence-corrected chi connectivity index (χ3v) is 4.16. The Bertz CT molecular complexity index is 1060. The van der Waals surface area contributed by atoms with Gasteiger partial charge in [0.25, 0.3) is 0 Å². The average molecular weight is 787 g/mol. The van der Waals surface area contributed by atoms with E-state index < -0.39 is 35.8 Å². The monoisotopic (exact) mass is 782 g/mol. The molecule has 0 fully saturated rings. The van der Waals surface area contributed by atoms with Gasteiger partial charge in [-0.1, -0.05) is 36.4 Å². The van der Waals surface area contributed by atoms with Crippen molar-refractivity contribution in [3.05, 3.63) is 106 Å². The molecule has 0 aliphatic heterocycles. The van der Waals surface area contributed by atoms with Crippen LogP contribution < -0.4 is 0 Å². The molecule has 0 aliphatic rings. The van der Waals surface area contributed by atoms with E-state index in [4.69, 9.17) is 30.6 Å². The second-order valence-corrected chi connectivity index (χ2v) is 6.47. The van der Waals surface area contributed by atoms with Crippen LogP contribution in [0.25, 0.3) is 0 Å². The van der Waals surface area contributed by atoms with Gasteiger partial charge in [0.1, 0.15) is 0 Å². The van der Waals surface area contributed by atoms with Crippen molar-refractivity contribution in [2.75, 3.05) is 0 Å². The molecule has 6 N–H and O–H groups in total. The summed E-state index contributed by atoms with van der Waals surface area (Å²) < 4.78 is 0. The molecule has 0 spiro atoms. The normalized spacial score (nSPS) is 8.84. The zero-order chi connectivity index (χ0) is 27.4. The smallest absolute Gasteiger partial charge is 0.336 e. The summed E-state index contributed by atoms with van der Waals surface area (Å²) in [5.74, 6) is -7.37. The topological polar surface area (TPSA) is 224 Å². The van der Waals surface area contributed by atoms with Gasteiger partial charge in [-0.3, -0.25) is 0 Å². The van der Waals surface area contributed by atoms with Gasteiger partial charge >= 0.3 is 35.8 Å².